The Kier molecular flexibility index (Phi) is 4.39. The molecule has 0 fully saturated rings. The minimum atomic E-state index is 0.273. The summed E-state index contributed by atoms with van der Waals surface area (Å²) >= 11 is 3.67. The van der Waals surface area contributed by atoms with E-state index >= 15 is 0 Å². The maximum atomic E-state index is 5.59. The van der Waals surface area contributed by atoms with Gasteiger partial charge in [-0.2, -0.15) is 4.98 Å². The molecule has 0 aliphatic carbocycles. The maximum Gasteiger partial charge on any atom is 0.241 e. The first-order valence-corrected chi connectivity index (χ1v) is 10.8. The van der Waals surface area contributed by atoms with E-state index in [0.29, 0.717) is 18.3 Å². The van der Waals surface area contributed by atoms with Crippen molar-refractivity contribution in [1.29, 1.82) is 0 Å². The molecule has 4 heterocycles. The first-order chi connectivity index (χ1) is 13.3. The number of benzene rings is 1. The van der Waals surface area contributed by atoms with Gasteiger partial charge in [0.25, 0.3) is 0 Å². The van der Waals surface area contributed by atoms with Gasteiger partial charge in [-0.15, -0.1) is 22.7 Å². The van der Waals surface area contributed by atoms with Gasteiger partial charge in [0.15, 0.2) is 0 Å². The summed E-state index contributed by atoms with van der Waals surface area (Å²) in [5, 5.41) is 8.55. The van der Waals surface area contributed by atoms with Crippen LogP contribution in [-0.4, -0.2) is 21.6 Å². The fraction of sp³-hybridized carbons (Fsp3) is 0.238. The molecule has 0 saturated carbocycles. The van der Waals surface area contributed by atoms with E-state index in [-0.39, 0.29) is 6.04 Å². The Morgan fingerprint density at radius 1 is 1.11 bits per heavy atom. The molecule has 1 aliphatic heterocycles. The highest BCUT2D eigenvalue weighted by molar-refractivity contribution is 7.10. The molecule has 4 nitrogen and oxygen atoms in total. The molecule has 0 amide bonds. The number of nitrogens with zero attached hydrogens (tertiary/aromatic N) is 3. The third-order valence-corrected chi connectivity index (χ3v) is 6.92. The molecule has 0 saturated heterocycles. The lowest BCUT2D eigenvalue weighted by atomic mass is 9.98. The van der Waals surface area contributed by atoms with E-state index in [4.69, 9.17) is 4.52 Å². The second kappa shape index (κ2) is 7.03. The van der Waals surface area contributed by atoms with Crippen molar-refractivity contribution in [2.45, 2.75) is 25.9 Å². The number of hydrogen-bond acceptors (Lipinski definition) is 6. The first kappa shape index (κ1) is 16.9. The largest absolute Gasteiger partial charge is 0.338 e. The van der Waals surface area contributed by atoms with Crippen molar-refractivity contribution in [1.82, 2.24) is 15.0 Å². The second-order valence-electron chi connectivity index (χ2n) is 6.82. The summed E-state index contributed by atoms with van der Waals surface area (Å²) in [5.74, 6) is 1.33. The highest BCUT2D eigenvalue weighted by Gasteiger charge is 2.31. The smallest absolute Gasteiger partial charge is 0.241 e. The van der Waals surface area contributed by atoms with Crippen LogP contribution in [0.1, 0.15) is 32.8 Å². The standard InChI is InChI=1S/C21H19N3OS2/c1-14-4-6-15(7-5-14)21-22-19(25-23-21)13-24-10-8-17-16(9-12-27-17)20(24)18-3-2-11-26-18/h2-7,9,11-12,20H,8,10,13H2,1H3/t20-/m0/s1. The van der Waals surface area contributed by atoms with E-state index in [1.807, 2.05) is 34.8 Å². The molecule has 0 radical (unpaired) electrons. The molecule has 5 rings (SSSR count). The summed E-state index contributed by atoms with van der Waals surface area (Å²) < 4.78 is 5.59. The Balaban J connectivity index is 1.42. The molecule has 0 spiro atoms. The Hall–Kier alpha value is -2.28. The number of rotatable bonds is 4. The predicted octanol–water partition coefficient (Wildman–Crippen LogP) is 5.32. The van der Waals surface area contributed by atoms with Gasteiger partial charge in [-0.05, 0) is 41.8 Å². The van der Waals surface area contributed by atoms with Crippen LogP contribution in [0.2, 0.25) is 0 Å². The van der Waals surface area contributed by atoms with Gasteiger partial charge in [-0.3, -0.25) is 4.90 Å². The van der Waals surface area contributed by atoms with Gasteiger partial charge in [0, 0.05) is 21.9 Å². The zero-order chi connectivity index (χ0) is 18.2. The van der Waals surface area contributed by atoms with E-state index < -0.39 is 0 Å². The van der Waals surface area contributed by atoms with Crippen LogP contribution in [-0.2, 0) is 13.0 Å². The summed E-state index contributed by atoms with van der Waals surface area (Å²) in [6.45, 7) is 3.74. The lowest BCUT2D eigenvalue weighted by Gasteiger charge is -2.34. The molecule has 136 valence electrons. The quantitative estimate of drug-likeness (QED) is 0.471. The molecule has 3 aromatic heterocycles. The van der Waals surface area contributed by atoms with E-state index in [2.05, 4.69) is 63.1 Å². The second-order valence-corrected chi connectivity index (χ2v) is 8.80. The van der Waals surface area contributed by atoms with Crippen LogP contribution in [0, 0.1) is 6.92 Å². The number of fused-ring (bicyclic) bond motifs is 1. The van der Waals surface area contributed by atoms with Gasteiger partial charge in [-0.25, -0.2) is 0 Å². The molecule has 1 aromatic carbocycles. The minimum Gasteiger partial charge on any atom is -0.338 e. The van der Waals surface area contributed by atoms with Crippen LogP contribution in [0.25, 0.3) is 11.4 Å². The normalized spacial score (nSPS) is 17.1. The fourth-order valence-electron chi connectivity index (χ4n) is 3.63. The van der Waals surface area contributed by atoms with Crippen molar-refractivity contribution in [3.63, 3.8) is 0 Å². The average Bonchev–Trinajstić information content (AvgIpc) is 3.44. The molecule has 6 heteroatoms. The molecule has 0 bridgehead atoms. The minimum absolute atomic E-state index is 0.273. The number of hydrogen-bond donors (Lipinski definition) is 0. The summed E-state index contributed by atoms with van der Waals surface area (Å²) in [7, 11) is 0. The van der Waals surface area contributed by atoms with Gasteiger partial charge in [0.1, 0.15) is 0 Å². The lowest BCUT2D eigenvalue weighted by molar-refractivity contribution is 0.181. The molecular formula is C21H19N3OS2. The molecule has 1 atom stereocenters. The van der Waals surface area contributed by atoms with Gasteiger partial charge in [0.05, 0.1) is 12.6 Å². The molecule has 27 heavy (non-hydrogen) atoms. The van der Waals surface area contributed by atoms with Gasteiger partial charge < -0.3 is 4.52 Å². The van der Waals surface area contributed by atoms with Crippen LogP contribution < -0.4 is 0 Å². The zero-order valence-electron chi connectivity index (χ0n) is 15.0. The van der Waals surface area contributed by atoms with Crippen LogP contribution in [0.3, 0.4) is 0 Å². The molecule has 0 N–H and O–H groups in total. The first-order valence-electron chi connectivity index (χ1n) is 9.01. The third kappa shape index (κ3) is 3.25. The van der Waals surface area contributed by atoms with Gasteiger partial charge in [0.2, 0.25) is 11.7 Å². The summed E-state index contributed by atoms with van der Waals surface area (Å²) in [4.78, 5) is 9.97. The summed E-state index contributed by atoms with van der Waals surface area (Å²) in [6.07, 6.45) is 1.08. The number of thiophene rings is 2. The fourth-order valence-corrected chi connectivity index (χ4v) is 5.41. The molecule has 0 unspecified atom stereocenters. The Morgan fingerprint density at radius 2 is 2.00 bits per heavy atom. The van der Waals surface area contributed by atoms with Crippen molar-refractivity contribution < 1.29 is 4.52 Å². The zero-order valence-corrected chi connectivity index (χ0v) is 16.6. The average molecular weight is 394 g/mol. The Morgan fingerprint density at radius 3 is 2.81 bits per heavy atom. The topological polar surface area (TPSA) is 42.2 Å². The highest BCUT2D eigenvalue weighted by Crippen LogP contribution is 2.40. The Labute approximate surface area is 166 Å². The summed E-state index contributed by atoms with van der Waals surface area (Å²) in [5.41, 5.74) is 3.64. The van der Waals surface area contributed by atoms with E-state index in [1.54, 1.807) is 0 Å². The van der Waals surface area contributed by atoms with Crippen molar-refractivity contribution >= 4 is 22.7 Å². The predicted molar refractivity (Wildman–Crippen MR) is 109 cm³/mol. The monoisotopic (exact) mass is 393 g/mol. The lowest BCUT2D eigenvalue weighted by Crippen LogP contribution is -2.34. The van der Waals surface area contributed by atoms with Crippen LogP contribution in [0.4, 0.5) is 0 Å². The van der Waals surface area contributed by atoms with Crippen molar-refractivity contribution in [2.24, 2.45) is 0 Å². The summed E-state index contributed by atoms with van der Waals surface area (Å²) in [6, 6.07) is 15.1. The SMILES string of the molecule is Cc1ccc(-c2noc(CN3CCc4sccc4[C@H]3c3cccs3)n2)cc1. The maximum absolute atomic E-state index is 5.59. The van der Waals surface area contributed by atoms with Crippen LogP contribution in [0.15, 0.2) is 57.7 Å². The van der Waals surface area contributed by atoms with Crippen LogP contribution >= 0.6 is 22.7 Å². The highest BCUT2D eigenvalue weighted by atomic mass is 32.1. The van der Waals surface area contributed by atoms with Gasteiger partial charge in [-0.1, -0.05) is 41.1 Å². The van der Waals surface area contributed by atoms with Crippen molar-refractivity contribution in [3.8, 4) is 11.4 Å². The van der Waals surface area contributed by atoms with E-state index in [1.165, 1.54) is 20.9 Å². The molecular weight excluding hydrogens is 374 g/mol. The van der Waals surface area contributed by atoms with Gasteiger partial charge >= 0.3 is 0 Å². The van der Waals surface area contributed by atoms with Crippen LogP contribution in [0.5, 0.6) is 0 Å². The van der Waals surface area contributed by atoms with E-state index in [0.717, 1.165) is 18.5 Å². The number of aryl methyl sites for hydroxylation is 1. The molecule has 4 aromatic rings. The third-order valence-electron chi connectivity index (χ3n) is 4.99. The molecule has 1 aliphatic rings. The Bertz CT molecular complexity index is 1030. The van der Waals surface area contributed by atoms with Crippen molar-refractivity contribution in [2.75, 3.05) is 6.54 Å². The number of aromatic nitrogens is 2. The van der Waals surface area contributed by atoms with E-state index in [9.17, 15) is 0 Å². The van der Waals surface area contributed by atoms with Crippen molar-refractivity contribution in [3.05, 3.63) is 80.0 Å².